The van der Waals surface area contributed by atoms with E-state index in [1.54, 1.807) is 13.0 Å². The van der Waals surface area contributed by atoms with Crippen LogP contribution in [0, 0.1) is 12.8 Å². The number of carbonyl (C=O) groups excluding carboxylic acids is 1. The molecule has 0 aromatic carbocycles. The van der Waals surface area contributed by atoms with E-state index in [1.807, 2.05) is 27.7 Å². The monoisotopic (exact) mass is 333 g/mol. The topological polar surface area (TPSA) is 105 Å². The summed E-state index contributed by atoms with van der Waals surface area (Å²) in [6.45, 7) is 9.45. The van der Waals surface area contributed by atoms with Crippen LogP contribution in [-0.4, -0.2) is 33.2 Å². The van der Waals surface area contributed by atoms with Crippen LogP contribution in [0.2, 0.25) is 0 Å². The second-order valence-corrected chi connectivity index (χ2v) is 6.71. The number of hydrogen-bond acceptors (Lipinski definition) is 5. The SMILES string of the molecule is Cc1cc(C(=O)N[C@@H](CC(C)C)C(=O)O)c2c(C(C)C)noc2n1. The first-order valence-corrected chi connectivity index (χ1v) is 8.01. The van der Waals surface area contributed by atoms with Crippen LogP contribution in [0.3, 0.4) is 0 Å². The highest BCUT2D eigenvalue weighted by molar-refractivity contribution is 6.07. The zero-order valence-electron chi connectivity index (χ0n) is 14.6. The van der Waals surface area contributed by atoms with Crippen LogP contribution in [0.1, 0.15) is 61.8 Å². The number of amides is 1. The van der Waals surface area contributed by atoms with Crippen LogP contribution in [0.4, 0.5) is 0 Å². The largest absolute Gasteiger partial charge is 0.480 e. The number of pyridine rings is 1. The molecule has 0 bridgehead atoms. The zero-order chi connectivity index (χ0) is 18.0. The molecule has 1 amide bonds. The Bertz CT molecular complexity index is 765. The van der Waals surface area contributed by atoms with Crippen molar-refractivity contribution in [2.45, 2.75) is 53.0 Å². The Labute approximate surface area is 140 Å². The predicted octanol–water partition coefficient (Wildman–Crippen LogP) is 2.88. The molecule has 0 fully saturated rings. The molecule has 2 rings (SSSR count). The molecule has 0 aliphatic rings. The lowest BCUT2D eigenvalue weighted by Gasteiger charge is -2.17. The van der Waals surface area contributed by atoms with Gasteiger partial charge in [0.25, 0.3) is 11.6 Å². The zero-order valence-corrected chi connectivity index (χ0v) is 14.6. The molecular weight excluding hydrogens is 310 g/mol. The van der Waals surface area contributed by atoms with Gasteiger partial charge in [-0.15, -0.1) is 0 Å². The van der Waals surface area contributed by atoms with Crippen molar-refractivity contribution in [3.63, 3.8) is 0 Å². The highest BCUT2D eigenvalue weighted by Crippen LogP contribution is 2.27. The summed E-state index contributed by atoms with van der Waals surface area (Å²) < 4.78 is 5.24. The molecule has 7 heteroatoms. The number of rotatable bonds is 6. The van der Waals surface area contributed by atoms with E-state index in [4.69, 9.17) is 4.52 Å². The van der Waals surface area contributed by atoms with Crippen molar-refractivity contribution >= 4 is 23.0 Å². The number of aromatic nitrogens is 2. The smallest absolute Gasteiger partial charge is 0.326 e. The Morgan fingerprint density at radius 1 is 1.29 bits per heavy atom. The summed E-state index contributed by atoms with van der Waals surface area (Å²) in [5.74, 6) is -1.31. The normalized spacial score (nSPS) is 12.8. The van der Waals surface area contributed by atoms with Crippen LogP contribution in [0.5, 0.6) is 0 Å². The summed E-state index contributed by atoms with van der Waals surface area (Å²) in [6.07, 6.45) is 0.356. The van der Waals surface area contributed by atoms with Crippen molar-refractivity contribution < 1.29 is 19.2 Å². The van der Waals surface area contributed by atoms with Crippen molar-refractivity contribution in [1.29, 1.82) is 0 Å². The number of nitrogens with one attached hydrogen (secondary N) is 1. The average Bonchev–Trinajstić information content (AvgIpc) is 2.88. The van der Waals surface area contributed by atoms with Crippen molar-refractivity contribution in [2.24, 2.45) is 5.92 Å². The van der Waals surface area contributed by atoms with E-state index in [9.17, 15) is 14.7 Å². The van der Waals surface area contributed by atoms with Gasteiger partial charge in [0.2, 0.25) is 0 Å². The van der Waals surface area contributed by atoms with Gasteiger partial charge in [-0.1, -0.05) is 32.9 Å². The fourth-order valence-corrected chi connectivity index (χ4v) is 2.60. The van der Waals surface area contributed by atoms with Crippen LogP contribution in [-0.2, 0) is 4.79 Å². The van der Waals surface area contributed by atoms with Crippen molar-refractivity contribution in [3.8, 4) is 0 Å². The molecule has 0 saturated carbocycles. The maximum atomic E-state index is 12.7. The molecule has 2 N–H and O–H groups in total. The standard InChI is InChI=1S/C17H23N3O4/c1-8(2)6-12(17(22)23)19-15(21)11-7-10(5)18-16-13(11)14(9(3)4)20-24-16/h7-9,12H,6H2,1-5H3,(H,19,21)(H,22,23)/t12-/m0/s1. The first-order chi connectivity index (χ1) is 11.2. The second-order valence-electron chi connectivity index (χ2n) is 6.71. The Kier molecular flexibility index (Phi) is 5.21. The predicted molar refractivity (Wildman–Crippen MR) is 89.0 cm³/mol. The van der Waals surface area contributed by atoms with Crippen LogP contribution >= 0.6 is 0 Å². The Balaban J connectivity index is 2.44. The average molecular weight is 333 g/mol. The number of carbonyl (C=O) groups is 2. The van der Waals surface area contributed by atoms with Gasteiger partial charge in [0.15, 0.2) is 0 Å². The molecular formula is C17H23N3O4. The minimum Gasteiger partial charge on any atom is -0.480 e. The third-order valence-electron chi connectivity index (χ3n) is 3.70. The molecule has 0 saturated heterocycles. The van der Waals surface area contributed by atoms with Gasteiger partial charge < -0.3 is 14.9 Å². The van der Waals surface area contributed by atoms with E-state index in [0.717, 1.165) is 0 Å². The quantitative estimate of drug-likeness (QED) is 0.842. The second kappa shape index (κ2) is 6.98. The van der Waals surface area contributed by atoms with Gasteiger partial charge in [0.1, 0.15) is 6.04 Å². The number of nitrogens with zero attached hydrogens (tertiary/aromatic N) is 2. The lowest BCUT2D eigenvalue weighted by molar-refractivity contribution is -0.139. The first kappa shape index (κ1) is 17.9. The van der Waals surface area contributed by atoms with Gasteiger partial charge in [0.05, 0.1) is 16.6 Å². The van der Waals surface area contributed by atoms with E-state index >= 15 is 0 Å². The Morgan fingerprint density at radius 2 is 1.96 bits per heavy atom. The van der Waals surface area contributed by atoms with E-state index in [-0.39, 0.29) is 11.8 Å². The van der Waals surface area contributed by atoms with Gasteiger partial charge in [-0.25, -0.2) is 9.78 Å². The first-order valence-electron chi connectivity index (χ1n) is 8.01. The minimum atomic E-state index is -1.05. The van der Waals surface area contributed by atoms with Crippen molar-refractivity contribution in [1.82, 2.24) is 15.5 Å². The molecule has 24 heavy (non-hydrogen) atoms. The molecule has 1 atom stereocenters. The molecule has 2 aromatic heterocycles. The lowest BCUT2D eigenvalue weighted by atomic mass is 10.0. The third-order valence-corrected chi connectivity index (χ3v) is 3.70. The molecule has 0 radical (unpaired) electrons. The van der Waals surface area contributed by atoms with Crippen LogP contribution in [0.25, 0.3) is 11.1 Å². The van der Waals surface area contributed by atoms with Gasteiger partial charge in [-0.2, -0.15) is 0 Å². The van der Waals surface area contributed by atoms with E-state index in [0.29, 0.717) is 34.5 Å². The summed E-state index contributed by atoms with van der Waals surface area (Å²) in [7, 11) is 0. The van der Waals surface area contributed by atoms with E-state index in [1.165, 1.54) is 0 Å². The molecule has 2 aromatic rings. The van der Waals surface area contributed by atoms with Crippen molar-refractivity contribution in [3.05, 3.63) is 23.0 Å². The molecule has 0 aliphatic carbocycles. The fourth-order valence-electron chi connectivity index (χ4n) is 2.60. The van der Waals surface area contributed by atoms with Gasteiger partial charge >= 0.3 is 5.97 Å². The molecule has 0 unspecified atom stereocenters. The number of fused-ring (bicyclic) bond motifs is 1. The lowest BCUT2D eigenvalue weighted by Crippen LogP contribution is -2.41. The Morgan fingerprint density at radius 3 is 2.50 bits per heavy atom. The van der Waals surface area contributed by atoms with Crippen molar-refractivity contribution in [2.75, 3.05) is 0 Å². The number of carboxylic acid groups (broad SMARTS) is 1. The van der Waals surface area contributed by atoms with Gasteiger partial charge in [0, 0.05) is 5.69 Å². The summed E-state index contributed by atoms with van der Waals surface area (Å²) in [6, 6.07) is 0.693. The summed E-state index contributed by atoms with van der Waals surface area (Å²) in [5, 5.41) is 16.5. The number of carboxylic acids is 1. The third kappa shape index (κ3) is 3.72. The Hall–Kier alpha value is -2.44. The minimum absolute atomic E-state index is 0.0493. The summed E-state index contributed by atoms with van der Waals surface area (Å²) in [5.41, 5.74) is 1.88. The molecule has 0 aliphatic heterocycles. The highest BCUT2D eigenvalue weighted by atomic mass is 16.5. The summed E-state index contributed by atoms with van der Waals surface area (Å²) in [4.78, 5) is 28.4. The maximum Gasteiger partial charge on any atom is 0.326 e. The molecule has 130 valence electrons. The van der Waals surface area contributed by atoms with E-state index < -0.39 is 17.9 Å². The fraction of sp³-hybridized carbons (Fsp3) is 0.529. The summed E-state index contributed by atoms with van der Waals surface area (Å²) >= 11 is 0. The van der Waals surface area contributed by atoms with E-state index in [2.05, 4.69) is 15.5 Å². The van der Waals surface area contributed by atoms with Crippen LogP contribution in [0.15, 0.2) is 10.6 Å². The molecule has 0 spiro atoms. The van der Waals surface area contributed by atoms with Gasteiger partial charge in [-0.05, 0) is 31.2 Å². The number of aryl methyl sites for hydroxylation is 1. The molecule has 2 heterocycles. The van der Waals surface area contributed by atoms with Gasteiger partial charge in [-0.3, -0.25) is 4.79 Å². The molecule has 7 nitrogen and oxygen atoms in total. The maximum absolute atomic E-state index is 12.7. The number of hydrogen-bond donors (Lipinski definition) is 2. The number of aliphatic carboxylic acids is 1. The van der Waals surface area contributed by atoms with Crippen LogP contribution < -0.4 is 5.32 Å². The highest BCUT2D eigenvalue weighted by Gasteiger charge is 2.26.